The number of nitrogens with one attached hydrogen (secondary N) is 1. The van der Waals surface area contributed by atoms with Gasteiger partial charge in [-0.15, -0.1) is 0 Å². The molecule has 1 aliphatic rings. The highest BCUT2D eigenvalue weighted by atomic mass is 32.2. The van der Waals surface area contributed by atoms with Crippen LogP contribution in [0.2, 0.25) is 0 Å². The molecule has 1 aromatic rings. The quantitative estimate of drug-likeness (QED) is 0.868. The topological polar surface area (TPSA) is 75.7 Å². The predicted octanol–water partition coefficient (Wildman–Crippen LogP) is 1.62. The number of hydrogen-bond donors (Lipinski definition) is 1. The van der Waals surface area contributed by atoms with Gasteiger partial charge < -0.3 is 9.64 Å². The lowest BCUT2D eigenvalue weighted by Crippen LogP contribution is -2.42. The number of nitrogens with zero attached hydrogens (tertiary/aromatic N) is 1. The van der Waals surface area contributed by atoms with Crippen molar-refractivity contribution in [2.24, 2.45) is 11.8 Å². The van der Waals surface area contributed by atoms with Crippen LogP contribution in [0.5, 0.6) is 5.75 Å². The third kappa shape index (κ3) is 3.87. The number of amides is 1. The zero-order valence-corrected chi connectivity index (χ0v) is 15.1. The van der Waals surface area contributed by atoms with Gasteiger partial charge in [0.05, 0.1) is 12.0 Å². The maximum absolute atomic E-state index is 13.8. The van der Waals surface area contributed by atoms with Gasteiger partial charge in [-0.2, -0.15) is 0 Å². The molecule has 0 aromatic heterocycles. The zero-order chi connectivity index (χ0) is 18.1. The number of sulfonamides is 1. The normalized spacial score (nSPS) is 21.3. The number of hydrogen-bond acceptors (Lipinski definition) is 4. The molecule has 1 amide bonds. The van der Waals surface area contributed by atoms with Crippen molar-refractivity contribution < 1.29 is 22.3 Å². The summed E-state index contributed by atoms with van der Waals surface area (Å²) in [4.78, 5) is 13.1. The highest BCUT2D eigenvalue weighted by Gasteiger charge is 2.38. The van der Waals surface area contributed by atoms with E-state index in [1.54, 1.807) is 4.90 Å². The fourth-order valence-corrected chi connectivity index (χ4v) is 4.26. The molecule has 8 heteroatoms. The van der Waals surface area contributed by atoms with Gasteiger partial charge in [-0.1, -0.05) is 13.8 Å². The van der Waals surface area contributed by atoms with E-state index in [9.17, 15) is 17.6 Å². The first-order valence-electron chi connectivity index (χ1n) is 7.77. The minimum atomic E-state index is -3.89. The fourth-order valence-electron chi connectivity index (χ4n) is 2.97. The minimum absolute atomic E-state index is 0.00627. The molecule has 2 rings (SSSR count). The summed E-state index contributed by atoms with van der Waals surface area (Å²) in [6, 6.07) is 3.11. The van der Waals surface area contributed by atoms with Crippen molar-refractivity contribution >= 4 is 15.9 Å². The highest BCUT2D eigenvalue weighted by Crippen LogP contribution is 2.27. The molecule has 1 aromatic carbocycles. The number of halogens is 1. The number of benzene rings is 1. The lowest BCUT2D eigenvalue weighted by Gasteiger charge is -2.22. The van der Waals surface area contributed by atoms with E-state index in [2.05, 4.69) is 4.72 Å². The molecule has 6 nitrogen and oxygen atoms in total. The van der Waals surface area contributed by atoms with Gasteiger partial charge in [-0.3, -0.25) is 4.79 Å². The first-order chi connectivity index (χ1) is 11.2. The fraction of sp³-hybridized carbons (Fsp3) is 0.562. The standard InChI is InChI=1S/C16H23FN2O4S/c1-10(2)13-8-19(11(3)20)9-15(13)18-24(21,22)12-5-6-16(23-4)14(17)7-12/h5-7,10,13,15,18H,8-9H2,1-4H3/t13-,15+/m1/s1. The smallest absolute Gasteiger partial charge is 0.240 e. The monoisotopic (exact) mass is 358 g/mol. The number of likely N-dealkylation sites (tertiary alicyclic amines) is 1. The van der Waals surface area contributed by atoms with E-state index < -0.39 is 21.9 Å². The first kappa shape index (κ1) is 18.7. The Morgan fingerprint density at radius 1 is 1.38 bits per heavy atom. The Bertz CT molecular complexity index is 721. The largest absolute Gasteiger partial charge is 0.494 e. The van der Waals surface area contributed by atoms with Gasteiger partial charge in [-0.25, -0.2) is 17.5 Å². The van der Waals surface area contributed by atoms with Gasteiger partial charge in [0.2, 0.25) is 15.9 Å². The van der Waals surface area contributed by atoms with E-state index in [1.807, 2.05) is 13.8 Å². The molecular weight excluding hydrogens is 335 g/mol. The molecule has 1 N–H and O–H groups in total. The minimum Gasteiger partial charge on any atom is -0.494 e. The molecule has 24 heavy (non-hydrogen) atoms. The van der Waals surface area contributed by atoms with E-state index in [-0.39, 0.29) is 28.4 Å². The molecule has 1 heterocycles. The van der Waals surface area contributed by atoms with Gasteiger partial charge in [0.15, 0.2) is 11.6 Å². The summed E-state index contributed by atoms with van der Waals surface area (Å²) < 4.78 is 46.3. The summed E-state index contributed by atoms with van der Waals surface area (Å²) in [6.45, 7) is 6.27. The van der Waals surface area contributed by atoms with Crippen LogP contribution in [0.25, 0.3) is 0 Å². The molecule has 0 bridgehead atoms. The number of carbonyl (C=O) groups is 1. The summed E-state index contributed by atoms with van der Waals surface area (Å²) in [5, 5.41) is 0. The van der Waals surface area contributed by atoms with Crippen molar-refractivity contribution in [3.8, 4) is 5.75 Å². The van der Waals surface area contributed by atoms with Crippen molar-refractivity contribution in [1.82, 2.24) is 9.62 Å². The van der Waals surface area contributed by atoms with Crippen molar-refractivity contribution in [3.05, 3.63) is 24.0 Å². The van der Waals surface area contributed by atoms with Crippen LogP contribution in [0, 0.1) is 17.7 Å². The molecule has 1 saturated heterocycles. The number of methoxy groups -OCH3 is 1. The van der Waals surface area contributed by atoms with Gasteiger partial charge in [-0.05, 0) is 30.0 Å². The van der Waals surface area contributed by atoms with Gasteiger partial charge in [0, 0.05) is 26.1 Å². The average molecular weight is 358 g/mol. The van der Waals surface area contributed by atoms with Gasteiger partial charge in [0.1, 0.15) is 0 Å². The Hall–Kier alpha value is -1.67. The SMILES string of the molecule is COc1ccc(S(=O)(=O)N[C@H]2CN(C(C)=O)C[C@@H]2C(C)C)cc1F. The first-order valence-corrected chi connectivity index (χ1v) is 9.25. The van der Waals surface area contributed by atoms with Crippen LogP contribution in [0.4, 0.5) is 4.39 Å². The summed E-state index contributed by atoms with van der Waals surface area (Å²) in [7, 11) is -2.58. The van der Waals surface area contributed by atoms with Crippen LogP contribution in [0.15, 0.2) is 23.1 Å². The maximum Gasteiger partial charge on any atom is 0.240 e. The lowest BCUT2D eigenvalue weighted by atomic mass is 9.92. The number of carbonyl (C=O) groups excluding carboxylic acids is 1. The number of ether oxygens (including phenoxy) is 1. The number of rotatable bonds is 5. The predicted molar refractivity (Wildman–Crippen MR) is 87.6 cm³/mol. The molecule has 0 spiro atoms. The van der Waals surface area contributed by atoms with E-state index in [4.69, 9.17) is 4.74 Å². The van der Waals surface area contributed by atoms with E-state index in [0.29, 0.717) is 13.1 Å². The second kappa shape index (κ2) is 7.06. The molecule has 0 aliphatic carbocycles. The van der Waals surface area contributed by atoms with E-state index in [0.717, 1.165) is 6.07 Å². The second-order valence-corrected chi connectivity index (χ2v) is 8.07. The van der Waals surface area contributed by atoms with Crippen molar-refractivity contribution in [2.75, 3.05) is 20.2 Å². The van der Waals surface area contributed by atoms with Crippen molar-refractivity contribution in [1.29, 1.82) is 0 Å². The average Bonchev–Trinajstić information content (AvgIpc) is 2.90. The van der Waals surface area contributed by atoms with Gasteiger partial charge in [0.25, 0.3) is 0 Å². The molecule has 1 fully saturated rings. The Morgan fingerprint density at radius 2 is 2.04 bits per heavy atom. The summed E-state index contributed by atoms with van der Waals surface area (Å²) in [5.41, 5.74) is 0. The molecule has 2 atom stereocenters. The Kier molecular flexibility index (Phi) is 5.49. The highest BCUT2D eigenvalue weighted by molar-refractivity contribution is 7.89. The third-order valence-electron chi connectivity index (χ3n) is 4.41. The van der Waals surface area contributed by atoms with Crippen LogP contribution in [-0.4, -0.2) is 45.5 Å². The van der Waals surface area contributed by atoms with E-state index >= 15 is 0 Å². The van der Waals surface area contributed by atoms with Crippen LogP contribution in [-0.2, 0) is 14.8 Å². The molecule has 1 aliphatic heterocycles. The van der Waals surface area contributed by atoms with Crippen LogP contribution < -0.4 is 9.46 Å². The van der Waals surface area contributed by atoms with Crippen molar-refractivity contribution in [3.63, 3.8) is 0 Å². The Morgan fingerprint density at radius 3 is 2.54 bits per heavy atom. The summed E-state index contributed by atoms with van der Waals surface area (Å²) in [6.07, 6.45) is 0. The Labute approximate surface area is 142 Å². The molecule has 134 valence electrons. The molecular formula is C16H23FN2O4S. The third-order valence-corrected chi connectivity index (χ3v) is 5.89. The maximum atomic E-state index is 13.8. The van der Waals surface area contributed by atoms with Crippen LogP contribution >= 0.6 is 0 Å². The van der Waals surface area contributed by atoms with E-state index in [1.165, 1.54) is 26.2 Å². The van der Waals surface area contributed by atoms with Crippen LogP contribution in [0.1, 0.15) is 20.8 Å². The summed E-state index contributed by atoms with van der Waals surface area (Å²) in [5.74, 6) is -0.630. The molecule has 0 saturated carbocycles. The molecule has 0 unspecified atom stereocenters. The zero-order valence-electron chi connectivity index (χ0n) is 14.2. The Balaban J connectivity index is 2.24. The van der Waals surface area contributed by atoms with Crippen LogP contribution in [0.3, 0.4) is 0 Å². The molecule has 0 radical (unpaired) electrons. The van der Waals surface area contributed by atoms with Gasteiger partial charge >= 0.3 is 0 Å². The lowest BCUT2D eigenvalue weighted by molar-refractivity contribution is -0.128. The second-order valence-electron chi connectivity index (χ2n) is 6.36. The van der Waals surface area contributed by atoms with Crippen molar-refractivity contribution in [2.45, 2.75) is 31.7 Å². The summed E-state index contributed by atoms with van der Waals surface area (Å²) >= 11 is 0.